The van der Waals surface area contributed by atoms with Crippen LogP contribution in [0.2, 0.25) is 0 Å². The zero-order valence-electron chi connectivity index (χ0n) is 15.3. The molecule has 3 heterocycles. The van der Waals surface area contributed by atoms with Crippen molar-refractivity contribution in [2.24, 2.45) is 5.41 Å². The predicted molar refractivity (Wildman–Crippen MR) is 97.3 cm³/mol. The van der Waals surface area contributed by atoms with Gasteiger partial charge in [0.05, 0.1) is 12.2 Å². The molecule has 6 heteroatoms. The maximum atomic E-state index is 13.2. The quantitative estimate of drug-likeness (QED) is 0.918. The van der Waals surface area contributed by atoms with Crippen molar-refractivity contribution in [3.8, 4) is 5.75 Å². The van der Waals surface area contributed by atoms with E-state index in [0.717, 1.165) is 30.5 Å². The van der Waals surface area contributed by atoms with Crippen LogP contribution in [0.25, 0.3) is 11.0 Å². The van der Waals surface area contributed by atoms with E-state index in [1.54, 1.807) is 0 Å². The number of carbonyl (C=O) groups excluding carboxylic acids is 2. The first-order valence-corrected chi connectivity index (χ1v) is 9.23. The summed E-state index contributed by atoms with van der Waals surface area (Å²) in [5, 5.41) is 3.73. The zero-order valence-corrected chi connectivity index (χ0v) is 15.3. The van der Waals surface area contributed by atoms with Crippen molar-refractivity contribution in [3.63, 3.8) is 0 Å². The minimum atomic E-state index is 0.00188. The van der Waals surface area contributed by atoms with Crippen molar-refractivity contribution in [1.29, 1.82) is 0 Å². The minimum Gasteiger partial charge on any atom is -0.494 e. The molecule has 138 valence electrons. The molecule has 2 aliphatic heterocycles. The van der Waals surface area contributed by atoms with Crippen molar-refractivity contribution in [3.05, 3.63) is 29.5 Å². The van der Waals surface area contributed by atoms with Gasteiger partial charge in [0, 0.05) is 31.4 Å². The fraction of sp³-hybridized carbons (Fsp3) is 0.500. The van der Waals surface area contributed by atoms with Gasteiger partial charge in [-0.15, -0.1) is 0 Å². The molecule has 2 amide bonds. The lowest BCUT2D eigenvalue weighted by atomic mass is 9.77. The zero-order chi connectivity index (χ0) is 18.3. The minimum absolute atomic E-state index is 0.00188. The Hall–Kier alpha value is -2.50. The summed E-state index contributed by atoms with van der Waals surface area (Å²) in [4.78, 5) is 26.6. The Morgan fingerprint density at radius 2 is 2.12 bits per heavy atom. The van der Waals surface area contributed by atoms with E-state index < -0.39 is 0 Å². The van der Waals surface area contributed by atoms with Crippen LogP contribution in [0, 0.1) is 12.3 Å². The third-order valence-corrected chi connectivity index (χ3v) is 5.67. The monoisotopic (exact) mass is 356 g/mol. The van der Waals surface area contributed by atoms with Crippen molar-refractivity contribution >= 4 is 22.8 Å². The normalized spacial score (nSPS) is 19.2. The summed E-state index contributed by atoms with van der Waals surface area (Å²) in [7, 11) is 0. The summed E-state index contributed by atoms with van der Waals surface area (Å²) < 4.78 is 11.4. The molecule has 0 aliphatic carbocycles. The van der Waals surface area contributed by atoms with Gasteiger partial charge in [-0.2, -0.15) is 0 Å². The number of furan rings is 1. The van der Waals surface area contributed by atoms with Gasteiger partial charge >= 0.3 is 0 Å². The van der Waals surface area contributed by atoms with Crippen LogP contribution in [0.15, 0.2) is 22.6 Å². The van der Waals surface area contributed by atoms with E-state index in [2.05, 4.69) is 5.32 Å². The Labute approximate surface area is 152 Å². The molecule has 26 heavy (non-hydrogen) atoms. The topological polar surface area (TPSA) is 71.8 Å². The van der Waals surface area contributed by atoms with Crippen molar-refractivity contribution < 1.29 is 18.7 Å². The van der Waals surface area contributed by atoms with Gasteiger partial charge in [-0.25, -0.2) is 0 Å². The standard InChI is InChI=1S/C20H24N2O4/c1-3-25-14-4-5-16-15(10-14)18(13(2)26-16)19(24)22-8-6-20(7-9-22)11-17(23)21-12-20/h4-5,10H,3,6-9,11-12H2,1-2H3,(H,21,23). The Bertz CT molecular complexity index is 862. The van der Waals surface area contributed by atoms with Gasteiger partial charge in [-0.3, -0.25) is 9.59 Å². The fourth-order valence-electron chi connectivity index (χ4n) is 4.17. The number of rotatable bonds is 3. The average molecular weight is 356 g/mol. The molecular formula is C20H24N2O4. The number of aryl methyl sites for hydroxylation is 1. The maximum Gasteiger partial charge on any atom is 0.258 e. The number of piperidine rings is 1. The molecule has 2 aliphatic rings. The highest BCUT2D eigenvalue weighted by Gasteiger charge is 2.42. The molecule has 1 aromatic carbocycles. The third kappa shape index (κ3) is 2.83. The van der Waals surface area contributed by atoms with Gasteiger partial charge in [-0.1, -0.05) is 0 Å². The molecule has 2 fully saturated rings. The molecule has 0 unspecified atom stereocenters. The molecular weight excluding hydrogens is 332 g/mol. The highest BCUT2D eigenvalue weighted by molar-refractivity contribution is 6.07. The predicted octanol–water partition coefficient (Wildman–Crippen LogP) is 2.88. The van der Waals surface area contributed by atoms with Crippen LogP contribution in [-0.2, 0) is 4.79 Å². The summed E-state index contributed by atoms with van der Waals surface area (Å²) in [6.45, 7) is 6.42. The summed E-state index contributed by atoms with van der Waals surface area (Å²) in [5.74, 6) is 1.51. The van der Waals surface area contributed by atoms with E-state index in [1.807, 2.05) is 36.9 Å². The second-order valence-electron chi connectivity index (χ2n) is 7.37. The lowest BCUT2D eigenvalue weighted by Crippen LogP contribution is -2.44. The van der Waals surface area contributed by atoms with E-state index in [9.17, 15) is 9.59 Å². The molecule has 1 aromatic heterocycles. The Balaban J connectivity index is 1.57. The van der Waals surface area contributed by atoms with E-state index in [1.165, 1.54) is 0 Å². The van der Waals surface area contributed by atoms with Crippen LogP contribution in [0.3, 0.4) is 0 Å². The molecule has 1 spiro atoms. The van der Waals surface area contributed by atoms with E-state index in [0.29, 0.717) is 43.0 Å². The highest BCUT2D eigenvalue weighted by Crippen LogP contribution is 2.38. The van der Waals surface area contributed by atoms with Crippen molar-refractivity contribution in [2.45, 2.75) is 33.1 Å². The Morgan fingerprint density at radius 1 is 1.35 bits per heavy atom. The van der Waals surface area contributed by atoms with E-state index in [4.69, 9.17) is 9.15 Å². The number of benzene rings is 1. The summed E-state index contributed by atoms with van der Waals surface area (Å²) >= 11 is 0. The molecule has 0 saturated carbocycles. The van der Waals surface area contributed by atoms with Gasteiger partial charge in [-0.05, 0) is 50.3 Å². The second-order valence-corrected chi connectivity index (χ2v) is 7.37. The van der Waals surface area contributed by atoms with Crippen LogP contribution in [-0.4, -0.2) is 43.0 Å². The van der Waals surface area contributed by atoms with Crippen molar-refractivity contribution in [2.75, 3.05) is 26.2 Å². The largest absolute Gasteiger partial charge is 0.494 e. The van der Waals surface area contributed by atoms with Crippen LogP contribution in [0.1, 0.15) is 42.3 Å². The number of hydrogen-bond acceptors (Lipinski definition) is 4. The van der Waals surface area contributed by atoms with Gasteiger partial charge in [0.1, 0.15) is 17.1 Å². The summed E-state index contributed by atoms with van der Waals surface area (Å²) in [5.41, 5.74) is 1.36. The van der Waals surface area contributed by atoms with Gasteiger partial charge in [0.15, 0.2) is 0 Å². The fourth-order valence-corrected chi connectivity index (χ4v) is 4.17. The number of ether oxygens (including phenoxy) is 1. The maximum absolute atomic E-state index is 13.2. The SMILES string of the molecule is CCOc1ccc2oc(C)c(C(=O)N3CCC4(CC3)CNC(=O)C4)c2c1. The first kappa shape index (κ1) is 16.9. The number of carbonyl (C=O) groups is 2. The molecule has 0 atom stereocenters. The number of nitrogens with one attached hydrogen (secondary N) is 1. The summed E-state index contributed by atoms with van der Waals surface area (Å²) in [6, 6.07) is 5.59. The lowest BCUT2D eigenvalue weighted by molar-refractivity contribution is -0.119. The van der Waals surface area contributed by atoms with Gasteiger partial charge < -0.3 is 19.4 Å². The number of likely N-dealkylation sites (tertiary alicyclic amines) is 1. The molecule has 1 N–H and O–H groups in total. The molecule has 6 nitrogen and oxygen atoms in total. The van der Waals surface area contributed by atoms with E-state index in [-0.39, 0.29) is 17.2 Å². The Morgan fingerprint density at radius 3 is 2.77 bits per heavy atom. The van der Waals surface area contributed by atoms with Gasteiger partial charge in [0.25, 0.3) is 5.91 Å². The second kappa shape index (κ2) is 6.34. The average Bonchev–Trinajstić information content (AvgIpc) is 3.14. The molecule has 2 saturated heterocycles. The molecule has 4 rings (SSSR count). The number of nitrogens with zero attached hydrogens (tertiary/aromatic N) is 1. The molecule has 0 bridgehead atoms. The van der Waals surface area contributed by atoms with E-state index >= 15 is 0 Å². The lowest BCUT2D eigenvalue weighted by Gasteiger charge is -2.38. The number of fused-ring (bicyclic) bond motifs is 1. The number of hydrogen-bond donors (Lipinski definition) is 1. The Kier molecular flexibility index (Phi) is 4.13. The smallest absolute Gasteiger partial charge is 0.258 e. The first-order valence-electron chi connectivity index (χ1n) is 9.23. The summed E-state index contributed by atoms with van der Waals surface area (Å²) in [6.07, 6.45) is 2.30. The van der Waals surface area contributed by atoms with Crippen molar-refractivity contribution in [1.82, 2.24) is 10.2 Å². The molecule has 2 aromatic rings. The van der Waals surface area contributed by atoms with Gasteiger partial charge in [0.2, 0.25) is 5.91 Å². The first-order chi connectivity index (χ1) is 12.5. The van der Waals surface area contributed by atoms with Crippen LogP contribution in [0.4, 0.5) is 0 Å². The molecule has 0 radical (unpaired) electrons. The highest BCUT2D eigenvalue weighted by atomic mass is 16.5. The number of amides is 2. The van der Waals surface area contributed by atoms with Crippen LogP contribution in [0.5, 0.6) is 5.75 Å². The third-order valence-electron chi connectivity index (χ3n) is 5.67. The van der Waals surface area contributed by atoms with Crippen LogP contribution < -0.4 is 10.1 Å². The van der Waals surface area contributed by atoms with Crippen LogP contribution >= 0.6 is 0 Å².